The summed E-state index contributed by atoms with van der Waals surface area (Å²) < 4.78 is 0. The minimum Gasteiger partial charge on any atom is -0.397 e. The Morgan fingerprint density at radius 2 is 2.20 bits per heavy atom. The van der Waals surface area contributed by atoms with Gasteiger partial charge < -0.3 is 16.0 Å². The molecule has 1 amide bonds. The number of nitrogens with zero attached hydrogens (tertiary/aromatic N) is 2. The Balaban J connectivity index is 1.37. The lowest BCUT2D eigenvalue weighted by atomic mass is 10.1. The fourth-order valence-corrected chi connectivity index (χ4v) is 5.38. The second-order valence-corrected chi connectivity index (χ2v) is 9.36. The van der Waals surface area contributed by atoms with Gasteiger partial charge in [-0.2, -0.15) is 0 Å². The largest absolute Gasteiger partial charge is 0.397 e. The van der Waals surface area contributed by atoms with Crippen LogP contribution in [0.25, 0.3) is 10.2 Å². The highest BCUT2D eigenvalue weighted by Gasteiger charge is 2.22. The van der Waals surface area contributed by atoms with E-state index < -0.39 is 0 Å². The topological polar surface area (TPSA) is 71.2 Å². The van der Waals surface area contributed by atoms with Crippen molar-refractivity contribution in [3.05, 3.63) is 51.5 Å². The second kappa shape index (κ2) is 8.82. The minimum absolute atomic E-state index is 0.154. The van der Waals surface area contributed by atoms with Crippen molar-refractivity contribution in [2.75, 3.05) is 30.3 Å². The van der Waals surface area contributed by atoms with Crippen LogP contribution < -0.4 is 16.0 Å². The monoisotopic (exact) mass is 442 g/mol. The number of hydrogen-bond acceptors (Lipinski definition) is 5. The van der Waals surface area contributed by atoms with E-state index in [1.54, 1.807) is 0 Å². The van der Waals surface area contributed by atoms with Gasteiger partial charge in [0.05, 0.1) is 16.4 Å². The third-order valence-corrected chi connectivity index (χ3v) is 7.27. The van der Waals surface area contributed by atoms with Crippen LogP contribution in [0.4, 0.5) is 11.4 Å². The molecule has 4 rings (SSSR count). The van der Waals surface area contributed by atoms with Crippen LogP contribution in [0.5, 0.6) is 0 Å². The Labute approximate surface area is 186 Å². The van der Waals surface area contributed by atoms with E-state index in [9.17, 15) is 4.79 Å². The highest BCUT2D eigenvalue weighted by Crippen LogP contribution is 2.33. The molecular formula is C23H27ClN4OS. The molecule has 7 heteroatoms. The van der Waals surface area contributed by atoms with E-state index in [-0.39, 0.29) is 5.91 Å². The number of nitrogens with one attached hydrogen (secondary N) is 1. The number of carbonyl (C=O) groups is 1. The van der Waals surface area contributed by atoms with Crippen LogP contribution in [-0.4, -0.2) is 30.5 Å². The summed E-state index contributed by atoms with van der Waals surface area (Å²) >= 11 is 7.90. The predicted molar refractivity (Wildman–Crippen MR) is 127 cm³/mol. The summed E-state index contributed by atoms with van der Waals surface area (Å²) in [6, 6.07) is 10.1. The fraction of sp³-hybridized carbons (Fsp3) is 0.391. The summed E-state index contributed by atoms with van der Waals surface area (Å²) in [7, 11) is 0. The zero-order valence-electron chi connectivity index (χ0n) is 17.4. The van der Waals surface area contributed by atoms with Crippen LogP contribution in [-0.2, 0) is 6.42 Å². The number of nitrogen functional groups attached to an aromatic ring is 1. The molecule has 1 saturated heterocycles. The number of aromatic nitrogens is 1. The summed E-state index contributed by atoms with van der Waals surface area (Å²) in [5.41, 5.74) is 9.81. The van der Waals surface area contributed by atoms with Crippen molar-refractivity contribution in [2.45, 2.75) is 33.1 Å². The third kappa shape index (κ3) is 4.25. The molecule has 5 nitrogen and oxygen atoms in total. The van der Waals surface area contributed by atoms with Gasteiger partial charge in [-0.1, -0.05) is 31.0 Å². The van der Waals surface area contributed by atoms with Gasteiger partial charge in [-0.3, -0.25) is 4.79 Å². The molecule has 3 heterocycles. The van der Waals surface area contributed by atoms with Crippen molar-refractivity contribution >= 4 is 50.4 Å². The molecule has 30 heavy (non-hydrogen) atoms. The number of aryl methyl sites for hydroxylation is 1. The molecule has 1 aliphatic rings. The van der Waals surface area contributed by atoms with E-state index in [0.717, 1.165) is 51.2 Å². The first-order valence-corrected chi connectivity index (χ1v) is 11.6. The van der Waals surface area contributed by atoms with Gasteiger partial charge in [-0.05, 0) is 55.5 Å². The van der Waals surface area contributed by atoms with Gasteiger partial charge in [-0.25, -0.2) is 4.98 Å². The summed E-state index contributed by atoms with van der Waals surface area (Å²) in [5, 5.41) is 4.60. The maximum absolute atomic E-state index is 12.6. The molecule has 1 atom stereocenters. The van der Waals surface area contributed by atoms with Gasteiger partial charge in [0.25, 0.3) is 5.91 Å². The number of hydrogen-bond donors (Lipinski definition) is 2. The maximum atomic E-state index is 12.6. The third-order valence-electron chi connectivity index (χ3n) is 5.85. The Bertz CT molecular complexity index is 1080. The summed E-state index contributed by atoms with van der Waals surface area (Å²) in [4.78, 5) is 20.8. The maximum Gasteiger partial charge on any atom is 0.263 e. The molecule has 0 aliphatic carbocycles. The van der Waals surface area contributed by atoms with Crippen LogP contribution in [0.1, 0.15) is 40.7 Å². The first-order valence-electron chi connectivity index (χ1n) is 10.4. The lowest BCUT2D eigenvalue weighted by Gasteiger charge is -2.20. The van der Waals surface area contributed by atoms with Crippen molar-refractivity contribution in [1.29, 1.82) is 0 Å². The van der Waals surface area contributed by atoms with Gasteiger partial charge in [0, 0.05) is 30.7 Å². The average molecular weight is 443 g/mol. The van der Waals surface area contributed by atoms with Crippen molar-refractivity contribution in [3.63, 3.8) is 0 Å². The van der Waals surface area contributed by atoms with Gasteiger partial charge >= 0.3 is 0 Å². The number of thiophene rings is 1. The lowest BCUT2D eigenvalue weighted by Crippen LogP contribution is -2.25. The number of fused-ring (bicyclic) bond motifs is 1. The van der Waals surface area contributed by atoms with Gasteiger partial charge in [-0.15, -0.1) is 11.3 Å². The van der Waals surface area contributed by atoms with Gasteiger partial charge in [0.15, 0.2) is 0 Å². The van der Waals surface area contributed by atoms with E-state index in [4.69, 9.17) is 17.3 Å². The number of nitrogens with two attached hydrogens (primary N) is 1. The van der Waals surface area contributed by atoms with Crippen LogP contribution in [0.2, 0.25) is 5.02 Å². The van der Waals surface area contributed by atoms with Gasteiger partial charge in [0.2, 0.25) is 0 Å². The Hall–Kier alpha value is -2.31. The molecular weight excluding hydrogens is 416 g/mol. The first-order chi connectivity index (χ1) is 14.5. The molecule has 2 aromatic heterocycles. The van der Waals surface area contributed by atoms with Gasteiger partial charge in [0.1, 0.15) is 9.71 Å². The highest BCUT2D eigenvalue weighted by molar-refractivity contribution is 7.21. The molecule has 158 valence electrons. The van der Waals surface area contributed by atoms with E-state index in [1.807, 2.05) is 25.1 Å². The molecule has 0 unspecified atom stereocenters. The normalized spacial score (nSPS) is 16.4. The smallest absolute Gasteiger partial charge is 0.263 e. The molecule has 1 aliphatic heterocycles. The van der Waals surface area contributed by atoms with E-state index in [2.05, 4.69) is 34.3 Å². The van der Waals surface area contributed by atoms with Crippen molar-refractivity contribution in [1.82, 2.24) is 10.3 Å². The Morgan fingerprint density at radius 1 is 1.37 bits per heavy atom. The zero-order valence-corrected chi connectivity index (χ0v) is 18.9. The number of halogens is 1. The number of benzene rings is 1. The number of amides is 1. The summed E-state index contributed by atoms with van der Waals surface area (Å²) in [5.74, 6) is 0.606. The molecule has 0 bridgehead atoms. The SMILES string of the molecule is CC[C@@H]1CCN(c2ccc(CCNC(=O)c3sc4nc(C)ccc4c3N)cc2Cl)C1. The number of carbonyl (C=O) groups excluding carboxylic acids is 1. The van der Waals surface area contributed by atoms with E-state index in [0.29, 0.717) is 23.5 Å². The highest BCUT2D eigenvalue weighted by atomic mass is 35.5. The second-order valence-electron chi connectivity index (χ2n) is 7.95. The molecule has 0 spiro atoms. The Morgan fingerprint density at radius 3 is 2.93 bits per heavy atom. The molecule has 1 fully saturated rings. The Kier molecular flexibility index (Phi) is 6.16. The quantitative estimate of drug-likeness (QED) is 0.560. The minimum atomic E-state index is -0.154. The van der Waals surface area contributed by atoms with E-state index >= 15 is 0 Å². The first kappa shape index (κ1) is 20.9. The molecule has 3 N–H and O–H groups in total. The predicted octanol–water partition coefficient (Wildman–Crippen LogP) is 5.05. The van der Waals surface area contributed by atoms with Crippen LogP contribution >= 0.6 is 22.9 Å². The molecule has 0 radical (unpaired) electrons. The number of pyridine rings is 1. The molecule has 3 aromatic rings. The van der Waals surface area contributed by atoms with Crippen LogP contribution in [0.3, 0.4) is 0 Å². The van der Waals surface area contributed by atoms with E-state index in [1.165, 1.54) is 24.2 Å². The number of rotatable bonds is 6. The van der Waals surface area contributed by atoms with Crippen LogP contribution in [0, 0.1) is 12.8 Å². The number of anilines is 2. The van der Waals surface area contributed by atoms with Crippen LogP contribution in [0.15, 0.2) is 30.3 Å². The molecule has 1 aromatic carbocycles. The van der Waals surface area contributed by atoms with Crippen molar-refractivity contribution in [2.24, 2.45) is 5.92 Å². The zero-order chi connectivity index (χ0) is 21.3. The lowest BCUT2D eigenvalue weighted by molar-refractivity contribution is 0.0959. The average Bonchev–Trinajstić information content (AvgIpc) is 3.32. The molecule has 0 saturated carbocycles. The fourth-order valence-electron chi connectivity index (χ4n) is 4.01. The van der Waals surface area contributed by atoms with Crippen molar-refractivity contribution in [3.8, 4) is 0 Å². The van der Waals surface area contributed by atoms with Crippen molar-refractivity contribution < 1.29 is 4.79 Å². The standard InChI is InChI=1S/C23H27ClN4OS/c1-3-15-9-11-28(13-15)19-7-5-16(12-18(19)24)8-10-26-22(29)21-20(25)17-6-4-14(2)27-23(17)30-21/h4-7,12,15H,3,8-11,13,25H2,1-2H3,(H,26,29)/t15-/m1/s1. The summed E-state index contributed by atoms with van der Waals surface area (Å²) in [6.45, 7) is 6.85. The summed E-state index contributed by atoms with van der Waals surface area (Å²) in [6.07, 6.45) is 3.16.